The van der Waals surface area contributed by atoms with E-state index in [2.05, 4.69) is 5.32 Å². The van der Waals surface area contributed by atoms with Gasteiger partial charge in [-0.3, -0.25) is 0 Å². The van der Waals surface area contributed by atoms with Gasteiger partial charge in [0, 0.05) is 11.1 Å². The predicted molar refractivity (Wildman–Crippen MR) is 64.6 cm³/mol. The molecule has 0 bridgehead atoms. The van der Waals surface area contributed by atoms with Crippen molar-refractivity contribution in [3.63, 3.8) is 0 Å². The minimum atomic E-state index is -3.24. The topological polar surface area (TPSA) is 72.2 Å². The van der Waals surface area contributed by atoms with E-state index in [0.29, 0.717) is 23.7 Å². The summed E-state index contributed by atoms with van der Waals surface area (Å²) in [6.07, 6.45) is 0.640. The molecule has 1 heterocycles. The van der Waals surface area contributed by atoms with Gasteiger partial charge < -0.3 is 11.1 Å². The zero-order valence-corrected chi connectivity index (χ0v) is 10.2. The van der Waals surface area contributed by atoms with Gasteiger partial charge in [-0.25, -0.2) is 8.42 Å². The summed E-state index contributed by atoms with van der Waals surface area (Å²) in [5, 5.41) is 3.59. The van der Waals surface area contributed by atoms with Crippen molar-refractivity contribution in [3.8, 4) is 0 Å². The molecule has 1 aliphatic heterocycles. The van der Waals surface area contributed by atoms with Crippen molar-refractivity contribution in [2.24, 2.45) is 5.73 Å². The highest BCUT2D eigenvalue weighted by molar-refractivity contribution is 7.91. The molecule has 0 aliphatic carbocycles. The average Bonchev–Trinajstić information content (AvgIpc) is 2.19. The lowest BCUT2D eigenvalue weighted by Gasteiger charge is -2.26. The fourth-order valence-electron chi connectivity index (χ4n) is 1.85. The lowest BCUT2D eigenvalue weighted by atomic mass is 10.2. The summed E-state index contributed by atoms with van der Waals surface area (Å²) < 4.78 is 23.9. The minimum absolute atomic E-state index is 0.0809. The molecule has 0 aromatic heterocycles. The Morgan fingerprint density at radius 1 is 1.50 bits per heavy atom. The van der Waals surface area contributed by atoms with Crippen molar-refractivity contribution >= 4 is 27.1 Å². The molecule has 6 heteroatoms. The van der Waals surface area contributed by atoms with E-state index >= 15 is 0 Å². The van der Waals surface area contributed by atoms with Gasteiger partial charge in [0.2, 0.25) is 0 Å². The van der Waals surface area contributed by atoms with Crippen LogP contribution in [0.5, 0.6) is 0 Å². The van der Waals surface area contributed by atoms with Crippen molar-refractivity contribution in [2.45, 2.75) is 17.4 Å². The van der Waals surface area contributed by atoms with E-state index in [1.54, 1.807) is 12.1 Å². The zero-order valence-electron chi connectivity index (χ0n) is 8.61. The molecule has 2 rings (SSSR count). The molecule has 16 heavy (non-hydrogen) atoms. The maximum absolute atomic E-state index is 12.0. The molecule has 0 amide bonds. The van der Waals surface area contributed by atoms with Gasteiger partial charge in [-0.15, -0.1) is 0 Å². The summed E-state index contributed by atoms with van der Waals surface area (Å²) in [6.45, 7) is 0.468. The SMILES string of the molecule is NCCC1CS(=O)(=O)c2cc(Cl)ccc2N1. The van der Waals surface area contributed by atoms with Crippen LogP contribution >= 0.6 is 11.6 Å². The first-order chi connectivity index (χ1) is 7.53. The Morgan fingerprint density at radius 2 is 2.25 bits per heavy atom. The maximum Gasteiger partial charge on any atom is 0.182 e. The number of fused-ring (bicyclic) bond motifs is 1. The third-order valence-electron chi connectivity index (χ3n) is 2.57. The second-order valence-electron chi connectivity index (χ2n) is 3.84. The first kappa shape index (κ1) is 11.7. The molecule has 0 fully saturated rings. The molecular weight excluding hydrogens is 248 g/mol. The fourth-order valence-corrected chi connectivity index (χ4v) is 3.81. The predicted octanol–water partition coefficient (Wildman–Crippen LogP) is 1.26. The normalized spacial score (nSPS) is 22.2. The molecule has 1 aromatic carbocycles. The van der Waals surface area contributed by atoms with Crippen molar-refractivity contribution in [1.82, 2.24) is 0 Å². The molecular formula is C10H13ClN2O2S. The van der Waals surface area contributed by atoms with E-state index in [4.69, 9.17) is 17.3 Å². The number of hydrogen-bond acceptors (Lipinski definition) is 4. The van der Waals surface area contributed by atoms with Crippen LogP contribution in [0.4, 0.5) is 5.69 Å². The Morgan fingerprint density at radius 3 is 2.94 bits per heavy atom. The molecule has 0 radical (unpaired) electrons. The Labute approximate surface area is 99.7 Å². The molecule has 3 N–H and O–H groups in total. The van der Waals surface area contributed by atoms with Gasteiger partial charge in [0.05, 0.1) is 16.3 Å². The summed E-state index contributed by atoms with van der Waals surface area (Å²) >= 11 is 5.79. The smallest absolute Gasteiger partial charge is 0.182 e. The molecule has 0 saturated heterocycles. The van der Waals surface area contributed by atoms with Crippen LogP contribution in [0.3, 0.4) is 0 Å². The van der Waals surface area contributed by atoms with E-state index in [1.165, 1.54) is 6.07 Å². The Bertz CT molecular complexity index is 502. The number of halogens is 1. The minimum Gasteiger partial charge on any atom is -0.380 e. The summed E-state index contributed by atoms with van der Waals surface area (Å²) in [5.41, 5.74) is 6.06. The summed E-state index contributed by atoms with van der Waals surface area (Å²) in [7, 11) is -3.24. The lowest BCUT2D eigenvalue weighted by Crippen LogP contribution is -2.35. The third-order valence-corrected chi connectivity index (χ3v) is 4.66. The average molecular weight is 261 g/mol. The Balaban J connectivity index is 2.44. The highest BCUT2D eigenvalue weighted by Crippen LogP contribution is 2.31. The quantitative estimate of drug-likeness (QED) is 0.840. The van der Waals surface area contributed by atoms with Crippen molar-refractivity contribution in [1.29, 1.82) is 0 Å². The highest BCUT2D eigenvalue weighted by atomic mass is 35.5. The molecule has 0 spiro atoms. The maximum atomic E-state index is 12.0. The van der Waals surface area contributed by atoms with Crippen molar-refractivity contribution in [3.05, 3.63) is 23.2 Å². The van der Waals surface area contributed by atoms with Gasteiger partial charge in [0.1, 0.15) is 0 Å². The summed E-state index contributed by atoms with van der Waals surface area (Å²) in [6, 6.07) is 4.74. The van der Waals surface area contributed by atoms with E-state index in [-0.39, 0.29) is 16.7 Å². The number of sulfone groups is 1. The molecule has 88 valence electrons. The van der Waals surface area contributed by atoms with Crippen LogP contribution in [-0.4, -0.2) is 26.8 Å². The Kier molecular flexibility index (Phi) is 3.10. The Hall–Kier alpha value is -0.780. The van der Waals surface area contributed by atoms with Crippen LogP contribution in [0, 0.1) is 0 Å². The summed E-state index contributed by atoms with van der Waals surface area (Å²) in [4.78, 5) is 0.285. The van der Waals surface area contributed by atoms with Gasteiger partial charge in [-0.2, -0.15) is 0 Å². The van der Waals surface area contributed by atoms with Crippen LogP contribution in [-0.2, 0) is 9.84 Å². The molecule has 0 saturated carbocycles. The van der Waals surface area contributed by atoms with Crippen molar-refractivity contribution in [2.75, 3.05) is 17.6 Å². The molecule has 1 atom stereocenters. The standard InChI is InChI=1S/C10H13ClN2O2S/c11-7-1-2-9-10(5-7)16(14,15)6-8(13-9)3-4-12/h1-2,5,8,13H,3-4,6,12H2. The number of nitrogens with two attached hydrogens (primary N) is 1. The third kappa shape index (κ3) is 2.16. The number of rotatable bonds is 2. The van der Waals surface area contributed by atoms with Crippen LogP contribution < -0.4 is 11.1 Å². The van der Waals surface area contributed by atoms with Crippen molar-refractivity contribution < 1.29 is 8.42 Å². The number of nitrogens with one attached hydrogen (secondary N) is 1. The second kappa shape index (κ2) is 4.24. The van der Waals surface area contributed by atoms with Gasteiger partial charge in [0.25, 0.3) is 0 Å². The number of anilines is 1. The summed E-state index contributed by atoms with van der Waals surface area (Å²) in [5.74, 6) is 0.0809. The van der Waals surface area contributed by atoms with E-state index < -0.39 is 9.84 Å². The number of benzene rings is 1. The molecule has 1 aliphatic rings. The zero-order chi connectivity index (χ0) is 11.8. The van der Waals surface area contributed by atoms with Crippen LogP contribution in [0.15, 0.2) is 23.1 Å². The monoisotopic (exact) mass is 260 g/mol. The first-order valence-electron chi connectivity index (χ1n) is 5.02. The first-order valence-corrected chi connectivity index (χ1v) is 7.05. The molecule has 4 nitrogen and oxygen atoms in total. The molecule has 1 aromatic rings. The van der Waals surface area contributed by atoms with Gasteiger partial charge >= 0.3 is 0 Å². The second-order valence-corrected chi connectivity index (χ2v) is 6.28. The molecule has 1 unspecified atom stereocenters. The lowest BCUT2D eigenvalue weighted by molar-refractivity contribution is 0.580. The largest absolute Gasteiger partial charge is 0.380 e. The fraction of sp³-hybridized carbons (Fsp3) is 0.400. The van der Waals surface area contributed by atoms with E-state index in [0.717, 1.165) is 0 Å². The van der Waals surface area contributed by atoms with Crippen LogP contribution in [0.25, 0.3) is 0 Å². The number of hydrogen-bond donors (Lipinski definition) is 2. The highest BCUT2D eigenvalue weighted by Gasteiger charge is 2.29. The van der Waals surface area contributed by atoms with E-state index in [1.807, 2.05) is 0 Å². The van der Waals surface area contributed by atoms with Crippen LogP contribution in [0.1, 0.15) is 6.42 Å². The van der Waals surface area contributed by atoms with Gasteiger partial charge in [-0.1, -0.05) is 11.6 Å². The van der Waals surface area contributed by atoms with E-state index in [9.17, 15) is 8.42 Å². The van der Waals surface area contributed by atoms with Gasteiger partial charge in [0.15, 0.2) is 9.84 Å². The van der Waals surface area contributed by atoms with Gasteiger partial charge in [-0.05, 0) is 31.2 Å². The van der Waals surface area contributed by atoms with Crippen LogP contribution in [0.2, 0.25) is 5.02 Å².